The minimum absolute atomic E-state index is 0.109. The third kappa shape index (κ3) is 4.41. The maximum absolute atomic E-state index is 14.0. The van der Waals surface area contributed by atoms with Crippen molar-refractivity contribution in [2.75, 3.05) is 18.0 Å². The van der Waals surface area contributed by atoms with Crippen molar-refractivity contribution < 1.29 is 22.4 Å². The normalized spacial score (nSPS) is 15.3. The van der Waals surface area contributed by atoms with Gasteiger partial charge in [-0.05, 0) is 55.3 Å². The van der Waals surface area contributed by atoms with E-state index in [9.17, 15) is 18.0 Å². The number of anilines is 1. The Hall–Kier alpha value is -3.06. The van der Waals surface area contributed by atoms with Crippen molar-refractivity contribution in [3.05, 3.63) is 89.6 Å². The number of hydrogen-bond acceptors (Lipinski definition) is 3. The quantitative estimate of drug-likeness (QED) is 0.589. The summed E-state index contributed by atoms with van der Waals surface area (Å²) in [5, 5.41) is 0. The second-order valence-corrected chi connectivity index (χ2v) is 7.37. The monoisotopic (exact) mass is 414 g/mol. The predicted molar refractivity (Wildman–Crippen MR) is 107 cm³/mol. The van der Waals surface area contributed by atoms with E-state index < -0.39 is 11.6 Å². The van der Waals surface area contributed by atoms with Crippen LogP contribution in [-0.4, -0.2) is 29.9 Å². The highest BCUT2D eigenvalue weighted by Crippen LogP contribution is 2.27. The molecular formula is C23H21F3N2O2. The van der Waals surface area contributed by atoms with E-state index in [1.54, 1.807) is 29.2 Å². The van der Waals surface area contributed by atoms with Crippen LogP contribution in [0.1, 0.15) is 29.0 Å². The molecular weight excluding hydrogens is 393 g/mol. The summed E-state index contributed by atoms with van der Waals surface area (Å²) in [6, 6.07) is 12.6. The van der Waals surface area contributed by atoms with Crippen LogP contribution in [-0.2, 0) is 6.54 Å². The summed E-state index contributed by atoms with van der Waals surface area (Å²) in [5.74, 6) is -1.59. The van der Waals surface area contributed by atoms with E-state index in [1.165, 1.54) is 30.5 Å². The molecule has 0 aliphatic carbocycles. The zero-order valence-corrected chi connectivity index (χ0v) is 16.2. The molecule has 2 heterocycles. The van der Waals surface area contributed by atoms with Gasteiger partial charge in [0.25, 0.3) is 5.91 Å². The first-order valence-corrected chi connectivity index (χ1v) is 9.80. The molecule has 0 radical (unpaired) electrons. The second kappa shape index (κ2) is 8.75. The fourth-order valence-electron chi connectivity index (χ4n) is 3.84. The van der Waals surface area contributed by atoms with Crippen molar-refractivity contribution in [1.82, 2.24) is 4.90 Å². The fraction of sp³-hybridized carbons (Fsp3) is 0.261. The number of furan rings is 1. The lowest BCUT2D eigenvalue weighted by molar-refractivity contribution is 0.0931. The lowest BCUT2D eigenvalue weighted by atomic mass is 10.0. The first-order chi connectivity index (χ1) is 14.5. The van der Waals surface area contributed by atoms with Crippen molar-refractivity contribution >= 4 is 11.6 Å². The highest BCUT2D eigenvalue weighted by molar-refractivity contribution is 6.04. The molecule has 30 heavy (non-hydrogen) atoms. The Bertz CT molecular complexity index is 998. The van der Waals surface area contributed by atoms with Crippen LogP contribution in [0.2, 0.25) is 0 Å². The van der Waals surface area contributed by atoms with Crippen LogP contribution in [0.25, 0.3) is 0 Å². The van der Waals surface area contributed by atoms with Crippen LogP contribution in [0.4, 0.5) is 18.9 Å². The number of carbonyl (C=O) groups is 1. The summed E-state index contributed by atoms with van der Waals surface area (Å²) in [4.78, 5) is 16.8. The lowest BCUT2D eigenvalue weighted by Gasteiger charge is -2.38. The van der Waals surface area contributed by atoms with E-state index in [0.717, 1.165) is 6.07 Å². The topological polar surface area (TPSA) is 36.7 Å². The molecule has 156 valence electrons. The highest BCUT2D eigenvalue weighted by Gasteiger charge is 2.31. The molecule has 0 unspecified atom stereocenters. The number of carbonyl (C=O) groups excluding carboxylic acids is 1. The lowest BCUT2D eigenvalue weighted by Crippen LogP contribution is -2.47. The third-order valence-corrected chi connectivity index (χ3v) is 5.39. The Kier molecular flexibility index (Phi) is 5.90. The van der Waals surface area contributed by atoms with Crippen LogP contribution in [0, 0.1) is 17.5 Å². The van der Waals surface area contributed by atoms with Gasteiger partial charge in [-0.1, -0.05) is 6.07 Å². The van der Waals surface area contributed by atoms with Gasteiger partial charge in [-0.2, -0.15) is 0 Å². The number of hydrogen-bond donors (Lipinski definition) is 0. The molecule has 0 atom stereocenters. The number of likely N-dealkylation sites (tertiary alicyclic amines) is 1. The van der Waals surface area contributed by atoms with Crippen LogP contribution >= 0.6 is 0 Å². The average Bonchev–Trinajstić information content (AvgIpc) is 3.28. The highest BCUT2D eigenvalue weighted by atomic mass is 19.1. The van der Waals surface area contributed by atoms with Gasteiger partial charge in [0.15, 0.2) is 5.76 Å². The van der Waals surface area contributed by atoms with Crippen LogP contribution in [0.15, 0.2) is 65.3 Å². The summed E-state index contributed by atoms with van der Waals surface area (Å²) in [6.07, 6.45) is 2.76. The number of piperidine rings is 1. The van der Waals surface area contributed by atoms with E-state index in [1.807, 2.05) is 0 Å². The summed E-state index contributed by atoms with van der Waals surface area (Å²) >= 11 is 0. The SMILES string of the molecule is O=C(c1ccco1)N(c1ccc(F)cc1)C1CCN(Cc2ccc(F)cc2F)CC1. The predicted octanol–water partition coefficient (Wildman–Crippen LogP) is 5.01. The number of benzene rings is 2. The molecule has 1 aromatic heterocycles. The van der Waals surface area contributed by atoms with Crippen molar-refractivity contribution in [2.24, 2.45) is 0 Å². The average molecular weight is 414 g/mol. The number of nitrogens with zero attached hydrogens (tertiary/aromatic N) is 2. The van der Waals surface area contributed by atoms with E-state index in [2.05, 4.69) is 4.90 Å². The van der Waals surface area contributed by atoms with Crippen LogP contribution < -0.4 is 4.90 Å². The molecule has 0 spiro atoms. The smallest absolute Gasteiger partial charge is 0.294 e. The molecule has 4 rings (SSSR count). The molecule has 4 nitrogen and oxygen atoms in total. The number of rotatable bonds is 5. The molecule has 1 aliphatic rings. The first-order valence-electron chi connectivity index (χ1n) is 9.80. The zero-order chi connectivity index (χ0) is 21.1. The molecule has 0 N–H and O–H groups in total. The third-order valence-electron chi connectivity index (χ3n) is 5.39. The minimum Gasteiger partial charge on any atom is -0.459 e. The van der Waals surface area contributed by atoms with Crippen molar-refractivity contribution in [1.29, 1.82) is 0 Å². The fourth-order valence-corrected chi connectivity index (χ4v) is 3.84. The Balaban J connectivity index is 1.49. The summed E-state index contributed by atoms with van der Waals surface area (Å²) in [6.45, 7) is 1.66. The van der Waals surface area contributed by atoms with E-state index >= 15 is 0 Å². The number of amides is 1. The first kappa shape index (κ1) is 20.2. The van der Waals surface area contributed by atoms with Gasteiger partial charge < -0.3 is 9.32 Å². The molecule has 3 aromatic rings. The van der Waals surface area contributed by atoms with Gasteiger partial charge >= 0.3 is 0 Å². The zero-order valence-electron chi connectivity index (χ0n) is 16.2. The van der Waals surface area contributed by atoms with Crippen LogP contribution in [0.5, 0.6) is 0 Å². The Morgan fingerprint density at radius 2 is 1.70 bits per heavy atom. The molecule has 1 aliphatic heterocycles. The maximum atomic E-state index is 14.0. The van der Waals surface area contributed by atoms with Crippen molar-refractivity contribution in [3.63, 3.8) is 0 Å². The van der Waals surface area contributed by atoms with Gasteiger partial charge in [0.05, 0.1) is 6.26 Å². The van der Waals surface area contributed by atoms with Gasteiger partial charge in [-0.25, -0.2) is 13.2 Å². The van der Waals surface area contributed by atoms with Gasteiger partial charge in [0, 0.05) is 43.0 Å². The maximum Gasteiger partial charge on any atom is 0.294 e. The summed E-state index contributed by atoms with van der Waals surface area (Å²) in [7, 11) is 0. The van der Waals surface area contributed by atoms with Crippen LogP contribution in [0.3, 0.4) is 0 Å². The van der Waals surface area contributed by atoms with Gasteiger partial charge in [0.1, 0.15) is 17.5 Å². The molecule has 1 amide bonds. The van der Waals surface area contributed by atoms with Crippen molar-refractivity contribution in [3.8, 4) is 0 Å². The van der Waals surface area contributed by atoms with Crippen molar-refractivity contribution in [2.45, 2.75) is 25.4 Å². The summed E-state index contributed by atoms with van der Waals surface area (Å²) < 4.78 is 45.8. The second-order valence-electron chi connectivity index (χ2n) is 7.37. The summed E-state index contributed by atoms with van der Waals surface area (Å²) in [5.41, 5.74) is 1.04. The van der Waals surface area contributed by atoms with E-state index in [-0.39, 0.29) is 23.5 Å². The van der Waals surface area contributed by atoms with E-state index in [0.29, 0.717) is 43.7 Å². The molecule has 7 heteroatoms. The minimum atomic E-state index is -0.596. The van der Waals surface area contributed by atoms with E-state index in [4.69, 9.17) is 4.42 Å². The molecule has 1 saturated heterocycles. The van der Waals surface area contributed by atoms with Gasteiger partial charge in [-0.15, -0.1) is 0 Å². The Morgan fingerprint density at radius 3 is 2.33 bits per heavy atom. The molecule has 0 saturated carbocycles. The molecule has 0 bridgehead atoms. The molecule has 2 aromatic carbocycles. The Morgan fingerprint density at radius 1 is 1.00 bits per heavy atom. The van der Waals surface area contributed by atoms with Gasteiger partial charge in [0.2, 0.25) is 0 Å². The Labute approximate surface area is 172 Å². The van der Waals surface area contributed by atoms with Gasteiger partial charge in [-0.3, -0.25) is 9.69 Å². The molecule has 1 fully saturated rings. The number of halogens is 3. The largest absolute Gasteiger partial charge is 0.459 e. The standard InChI is InChI=1S/C23H21F3N2O2/c24-17-5-7-19(8-6-17)28(23(29)22-2-1-13-30-22)20-9-11-27(12-10-20)15-16-3-4-18(25)14-21(16)26/h1-8,13-14,20H,9-12,15H2.